The molecule has 3 nitrogen and oxygen atoms in total. The number of aliphatic hydroxyl groups is 1. The highest BCUT2D eigenvalue weighted by atomic mass is 79.9. The number of hydrogen-bond donors (Lipinski definition) is 2. The van der Waals surface area contributed by atoms with Crippen LogP contribution in [0.1, 0.15) is 32.4 Å². The van der Waals surface area contributed by atoms with Crippen LogP contribution in [0.25, 0.3) is 0 Å². The van der Waals surface area contributed by atoms with Gasteiger partial charge in [-0.05, 0) is 45.5 Å². The summed E-state index contributed by atoms with van der Waals surface area (Å²) in [6, 6.07) is 8.24. The van der Waals surface area contributed by atoms with Crippen LogP contribution in [0, 0.1) is 0 Å². The smallest absolute Gasteiger partial charge is 0.0718 e. The van der Waals surface area contributed by atoms with Crippen molar-refractivity contribution in [3.05, 3.63) is 34.3 Å². The fraction of sp³-hybridized carbons (Fsp3) is 0.571. The van der Waals surface area contributed by atoms with Crippen molar-refractivity contribution in [2.75, 3.05) is 13.6 Å². The lowest BCUT2D eigenvalue weighted by Crippen LogP contribution is -2.43. The van der Waals surface area contributed by atoms with Crippen molar-refractivity contribution in [1.82, 2.24) is 4.90 Å². The lowest BCUT2D eigenvalue weighted by molar-refractivity contribution is 0.0278. The van der Waals surface area contributed by atoms with Crippen LogP contribution in [0.15, 0.2) is 28.7 Å². The fourth-order valence-electron chi connectivity index (χ4n) is 2.36. The first-order chi connectivity index (χ1) is 8.20. The summed E-state index contributed by atoms with van der Waals surface area (Å²) in [5.74, 6) is 0. The lowest BCUT2D eigenvalue weighted by Gasteiger charge is -2.35. The summed E-state index contributed by atoms with van der Waals surface area (Å²) >= 11 is 3.48. The third-order valence-electron chi connectivity index (χ3n) is 2.80. The second-order valence-corrected chi connectivity index (χ2v) is 6.50. The molecule has 2 unspecified atom stereocenters. The third kappa shape index (κ3) is 4.69. The lowest BCUT2D eigenvalue weighted by atomic mass is 9.98. The molecule has 0 aliphatic rings. The Bertz CT molecular complexity index is 388. The zero-order valence-corrected chi connectivity index (χ0v) is 13.1. The van der Waals surface area contributed by atoms with Gasteiger partial charge in [0.2, 0.25) is 0 Å². The van der Waals surface area contributed by atoms with Gasteiger partial charge in [-0.25, -0.2) is 0 Å². The SMILES string of the molecule is CC(N)C(c1cccc(Br)c1)N(C)CC(C)(C)O. The molecule has 0 spiro atoms. The predicted octanol–water partition coefficient (Wildman–Crippen LogP) is 2.54. The van der Waals surface area contributed by atoms with E-state index < -0.39 is 5.60 Å². The van der Waals surface area contributed by atoms with E-state index in [0.29, 0.717) is 6.54 Å². The molecule has 0 heterocycles. The van der Waals surface area contributed by atoms with Crippen molar-refractivity contribution in [3.63, 3.8) is 0 Å². The molecule has 0 fully saturated rings. The Balaban J connectivity index is 2.96. The van der Waals surface area contributed by atoms with Crippen LogP contribution >= 0.6 is 15.9 Å². The van der Waals surface area contributed by atoms with Crippen molar-refractivity contribution in [1.29, 1.82) is 0 Å². The molecule has 0 aliphatic heterocycles. The van der Waals surface area contributed by atoms with E-state index in [2.05, 4.69) is 33.0 Å². The zero-order valence-electron chi connectivity index (χ0n) is 11.5. The van der Waals surface area contributed by atoms with Crippen molar-refractivity contribution in [2.24, 2.45) is 5.73 Å². The molecule has 1 aromatic carbocycles. The molecule has 2 atom stereocenters. The largest absolute Gasteiger partial charge is 0.389 e. The molecular formula is C14H23BrN2O. The van der Waals surface area contributed by atoms with Crippen molar-refractivity contribution in [3.8, 4) is 0 Å². The van der Waals surface area contributed by atoms with Gasteiger partial charge in [0.05, 0.1) is 5.60 Å². The quantitative estimate of drug-likeness (QED) is 0.878. The van der Waals surface area contributed by atoms with Gasteiger partial charge in [-0.2, -0.15) is 0 Å². The highest BCUT2D eigenvalue weighted by Crippen LogP contribution is 2.26. The molecule has 0 bridgehead atoms. The van der Waals surface area contributed by atoms with Crippen LogP contribution in [-0.4, -0.2) is 35.2 Å². The van der Waals surface area contributed by atoms with Crippen LogP contribution < -0.4 is 5.73 Å². The summed E-state index contributed by atoms with van der Waals surface area (Å²) in [5.41, 5.74) is 6.53. The Kier molecular flexibility index (Phi) is 5.34. The zero-order chi connectivity index (χ0) is 13.9. The minimum Gasteiger partial charge on any atom is -0.389 e. The van der Waals surface area contributed by atoms with E-state index in [0.717, 1.165) is 10.0 Å². The standard InChI is InChI=1S/C14H23BrN2O/c1-10(16)13(17(4)9-14(2,3)18)11-6-5-7-12(15)8-11/h5-8,10,13,18H,9,16H2,1-4H3. The Hall–Kier alpha value is -0.420. The van der Waals surface area contributed by atoms with E-state index in [4.69, 9.17) is 5.73 Å². The number of nitrogens with two attached hydrogens (primary N) is 1. The Morgan fingerprint density at radius 2 is 2.06 bits per heavy atom. The molecule has 4 heteroatoms. The van der Waals surface area contributed by atoms with Crippen molar-refractivity contribution >= 4 is 15.9 Å². The molecule has 0 aliphatic carbocycles. The van der Waals surface area contributed by atoms with Gasteiger partial charge in [-0.1, -0.05) is 28.1 Å². The van der Waals surface area contributed by atoms with Crippen LogP contribution in [0.2, 0.25) is 0 Å². The van der Waals surface area contributed by atoms with Gasteiger partial charge in [0.25, 0.3) is 0 Å². The van der Waals surface area contributed by atoms with E-state index >= 15 is 0 Å². The minimum absolute atomic E-state index is 0.00773. The maximum absolute atomic E-state index is 9.93. The van der Waals surface area contributed by atoms with Crippen LogP contribution in [0.4, 0.5) is 0 Å². The molecule has 0 aromatic heterocycles. The molecule has 0 saturated heterocycles. The summed E-state index contributed by atoms with van der Waals surface area (Å²) in [7, 11) is 1.99. The predicted molar refractivity (Wildman–Crippen MR) is 79.5 cm³/mol. The molecule has 18 heavy (non-hydrogen) atoms. The Morgan fingerprint density at radius 3 is 2.50 bits per heavy atom. The topological polar surface area (TPSA) is 49.5 Å². The molecular weight excluding hydrogens is 292 g/mol. The van der Waals surface area contributed by atoms with Crippen molar-refractivity contribution in [2.45, 2.75) is 38.5 Å². The average molecular weight is 315 g/mol. The van der Waals surface area contributed by atoms with E-state index in [-0.39, 0.29) is 12.1 Å². The molecule has 0 amide bonds. The summed E-state index contributed by atoms with van der Waals surface area (Å²) in [4.78, 5) is 2.10. The highest BCUT2D eigenvalue weighted by Gasteiger charge is 2.25. The molecule has 102 valence electrons. The van der Waals surface area contributed by atoms with Gasteiger partial charge >= 0.3 is 0 Å². The maximum atomic E-state index is 9.93. The molecule has 0 radical (unpaired) electrons. The number of hydrogen-bond acceptors (Lipinski definition) is 3. The first kappa shape index (κ1) is 15.6. The van der Waals surface area contributed by atoms with E-state index in [1.54, 1.807) is 0 Å². The Labute approximate surface area is 118 Å². The molecule has 3 N–H and O–H groups in total. The monoisotopic (exact) mass is 314 g/mol. The van der Waals surface area contributed by atoms with Gasteiger partial charge in [0.1, 0.15) is 0 Å². The van der Waals surface area contributed by atoms with E-state index in [1.165, 1.54) is 0 Å². The number of benzene rings is 1. The number of rotatable bonds is 5. The summed E-state index contributed by atoms with van der Waals surface area (Å²) in [6.07, 6.45) is 0. The molecule has 0 saturated carbocycles. The summed E-state index contributed by atoms with van der Waals surface area (Å²) in [5, 5.41) is 9.93. The normalized spacial score (nSPS) is 15.8. The van der Waals surface area contributed by atoms with Gasteiger partial charge < -0.3 is 10.8 Å². The molecule has 1 aromatic rings. The van der Waals surface area contributed by atoms with Crippen LogP contribution in [0.5, 0.6) is 0 Å². The van der Waals surface area contributed by atoms with E-state index in [1.807, 2.05) is 40.0 Å². The number of halogens is 1. The number of nitrogens with zero attached hydrogens (tertiary/aromatic N) is 1. The number of likely N-dealkylation sites (N-methyl/N-ethyl adjacent to an activating group) is 1. The van der Waals surface area contributed by atoms with Gasteiger partial charge in [-0.15, -0.1) is 0 Å². The van der Waals surface area contributed by atoms with Gasteiger partial charge in [-0.3, -0.25) is 4.90 Å². The van der Waals surface area contributed by atoms with Crippen LogP contribution in [0.3, 0.4) is 0 Å². The maximum Gasteiger partial charge on any atom is 0.0718 e. The van der Waals surface area contributed by atoms with E-state index in [9.17, 15) is 5.11 Å². The second-order valence-electron chi connectivity index (χ2n) is 5.59. The van der Waals surface area contributed by atoms with Crippen molar-refractivity contribution < 1.29 is 5.11 Å². The summed E-state index contributed by atoms with van der Waals surface area (Å²) < 4.78 is 1.04. The first-order valence-electron chi connectivity index (χ1n) is 6.14. The molecule has 1 rings (SSSR count). The van der Waals surface area contributed by atoms with Gasteiger partial charge in [0, 0.05) is 23.1 Å². The Morgan fingerprint density at radius 1 is 1.44 bits per heavy atom. The second kappa shape index (κ2) is 6.15. The van der Waals surface area contributed by atoms with Gasteiger partial charge in [0.15, 0.2) is 0 Å². The fourth-order valence-corrected chi connectivity index (χ4v) is 2.78. The average Bonchev–Trinajstić information content (AvgIpc) is 2.13. The minimum atomic E-state index is -0.728. The third-order valence-corrected chi connectivity index (χ3v) is 3.29. The first-order valence-corrected chi connectivity index (χ1v) is 6.93. The highest BCUT2D eigenvalue weighted by molar-refractivity contribution is 9.10. The summed E-state index contributed by atoms with van der Waals surface area (Å²) in [6.45, 7) is 6.18. The van der Waals surface area contributed by atoms with Crippen LogP contribution in [-0.2, 0) is 0 Å².